The van der Waals surface area contributed by atoms with Gasteiger partial charge < -0.3 is 0 Å². The van der Waals surface area contributed by atoms with E-state index in [9.17, 15) is 24.1 Å². The second kappa shape index (κ2) is 7.89. The summed E-state index contributed by atoms with van der Waals surface area (Å²) in [6.07, 6.45) is 4.03. The first kappa shape index (κ1) is 19.1. The molecule has 1 heterocycles. The quantitative estimate of drug-likeness (QED) is 0.281. The van der Waals surface area contributed by atoms with Gasteiger partial charge in [-0.25, -0.2) is 4.39 Å². The third-order valence-electron chi connectivity index (χ3n) is 3.86. The zero-order chi connectivity index (χ0) is 20.3. The molecule has 1 N–H and O–H groups in total. The maximum Gasteiger partial charge on any atom is 0.276 e. The van der Waals surface area contributed by atoms with Gasteiger partial charge in [0.05, 0.1) is 16.2 Å². The largest absolute Gasteiger partial charge is 0.298 e. The van der Waals surface area contributed by atoms with E-state index in [2.05, 4.69) is 5.32 Å². The number of thiocarbonyl (C=S) groups is 1. The Morgan fingerprint density at radius 2 is 1.79 bits per heavy atom. The van der Waals surface area contributed by atoms with Crippen molar-refractivity contribution in [2.45, 2.75) is 0 Å². The van der Waals surface area contributed by atoms with Crippen molar-refractivity contribution in [1.82, 2.24) is 5.32 Å². The number of nitrogens with zero attached hydrogens (tertiary/aromatic N) is 2. The first-order valence-corrected chi connectivity index (χ1v) is 8.36. The number of benzene rings is 2. The van der Waals surface area contributed by atoms with E-state index in [0.717, 1.165) is 4.90 Å². The third kappa shape index (κ3) is 3.84. The Labute approximate surface area is 163 Å². The van der Waals surface area contributed by atoms with Crippen LogP contribution in [0.5, 0.6) is 0 Å². The highest BCUT2D eigenvalue weighted by molar-refractivity contribution is 7.80. The van der Waals surface area contributed by atoms with E-state index in [-0.39, 0.29) is 16.4 Å². The lowest BCUT2D eigenvalue weighted by Crippen LogP contribution is -2.54. The van der Waals surface area contributed by atoms with Crippen molar-refractivity contribution in [3.05, 3.63) is 87.8 Å². The number of hydrogen-bond acceptors (Lipinski definition) is 5. The van der Waals surface area contributed by atoms with Crippen LogP contribution in [0.3, 0.4) is 0 Å². The minimum atomic E-state index is -0.694. The van der Waals surface area contributed by atoms with Gasteiger partial charge in [0.2, 0.25) is 0 Å². The van der Waals surface area contributed by atoms with Gasteiger partial charge in [-0.15, -0.1) is 0 Å². The molecule has 2 aromatic carbocycles. The van der Waals surface area contributed by atoms with Gasteiger partial charge >= 0.3 is 0 Å². The summed E-state index contributed by atoms with van der Waals surface area (Å²) in [5, 5.41) is 13.3. The van der Waals surface area contributed by atoms with Gasteiger partial charge in [0.25, 0.3) is 17.5 Å². The van der Waals surface area contributed by atoms with E-state index in [1.807, 2.05) is 0 Å². The van der Waals surface area contributed by atoms with E-state index >= 15 is 0 Å². The van der Waals surface area contributed by atoms with Gasteiger partial charge in [-0.3, -0.25) is 29.9 Å². The van der Waals surface area contributed by atoms with Crippen LogP contribution in [0.15, 0.2) is 66.3 Å². The van der Waals surface area contributed by atoms with Gasteiger partial charge in [-0.1, -0.05) is 18.2 Å². The Hall–Kier alpha value is -3.72. The van der Waals surface area contributed by atoms with Gasteiger partial charge in [-0.05, 0) is 54.7 Å². The van der Waals surface area contributed by atoms with E-state index in [1.54, 1.807) is 6.07 Å². The monoisotopic (exact) mass is 397 g/mol. The van der Waals surface area contributed by atoms with Gasteiger partial charge in [0, 0.05) is 6.07 Å². The topological polar surface area (TPSA) is 92.6 Å². The molecular formula is C19H12FN3O4S. The number of rotatable bonds is 4. The van der Waals surface area contributed by atoms with E-state index in [0.29, 0.717) is 11.3 Å². The fourth-order valence-corrected chi connectivity index (χ4v) is 2.83. The molecule has 0 atom stereocenters. The number of nitrogens with one attached hydrogen (secondary N) is 1. The number of para-hydroxylation sites is 1. The van der Waals surface area contributed by atoms with Crippen molar-refractivity contribution < 1.29 is 18.9 Å². The summed E-state index contributed by atoms with van der Waals surface area (Å²) in [7, 11) is 0. The predicted octanol–water partition coefficient (Wildman–Crippen LogP) is 3.12. The maximum atomic E-state index is 13.1. The highest BCUT2D eigenvalue weighted by atomic mass is 32.1. The van der Waals surface area contributed by atoms with Crippen molar-refractivity contribution in [1.29, 1.82) is 0 Å². The molecule has 3 rings (SSSR count). The molecule has 2 aromatic rings. The molecule has 1 aliphatic heterocycles. The van der Waals surface area contributed by atoms with E-state index < -0.39 is 22.6 Å². The number of nitro groups is 1. The molecule has 0 aromatic heterocycles. The molecule has 0 spiro atoms. The fraction of sp³-hybridized carbons (Fsp3) is 0. The molecule has 2 amide bonds. The average Bonchev–Trinajstić information content (AvgIpc) is 2.66. The van der Waals surface area contributed by atoms with Crippen LogP contribution >= 0.6 is 12.2 Å². The summed E-state index contributed by atoms with van der Waals surface area (Å²) in [5.74, 6) is -1.86. The maximum absolute atomic E-state index is 13.1. The van der Waals surface area contributed by atoms with Crippen molar-refractivity contribution in [2.24, 2.45) is 0 Å². The molecular weight excluding hydrogens is 385 g/mol. The lowest BCUT2D eigenvalue weighted by Gasteiger charge is -2.28. The van der Waals surface area contributed by atoms with Crippen molar-refractivity contribution >= 4 is 46.6 Å². The summed E-state index contributed by atoms with van der Waals surface area (Å²) in [4.78, 5) is 36.5. The Morgan fingerprint density at radius 1 is 1.11 bits per heavy atom. The normalized spacial score (nSPS) is 16.0. The van der Waals surface area contributed by atoms with Gasteiger partial charge in [0.15, 0.2) is 5.11 Å². The number of hydrogen-bond donors (Lipinski definition) is 1. The first-order valence-electron chi connectivity index (χ1n) is 7.95. The zero-order valence-corrected chi connectivity index (χ0v) is 15.0. The molecule has 0 unspecified atom stereocenters. The smallest absolute Gasteiger partial charge is 0.276 e. The lowest BCUT2D eigenvalue weighted by molar-refractivity contribution is -0.385. The van der Waals surface area contributed by atoms with Crippen LogP contribution in [0.2, 0.25) is 0 Å². The van der Waals surface area contributed by atoms with Crippen LogP contribution in [0.25, 0.3) is 6.08 Å². The Morgan fingerprint density at radius 3 is 2.46 bits per heavy atom. The van der Waals surface area contributed by atoms with Crippen molar-refractivity contribution in [2.75, 3.05) is 4.90 Å². The van der Waals surface area contributed by atoms with Crippen LogP contribution in [-0.4, -0.2) is 21.9 Å². The molecule has 0 bridgehead atoms. The zero-order valence-electron chi connectivity index (χ0n) is 14.2. The molecule has 28 heavy (non-hydrogen) atoms. The Kier molecular flexibility index (Phi) is 5.37. The SMILES string of the molecule is O=C1NC(=S)N(c2ccc(F)cc2)C(=O)C1=CC=Cc1ccccc1[N+](=O)[O-]. The van der Waals surface area contributed by atoms with Gasteiger partial charge in [-0.2, -0.15) is 0 Å². The fourth-order valence-electron chi connectivity index (χ4n) is 2.54. The summed E-state index contributed by atoms with van der Waals surface area (Å²) in [5.41, 5.74) is 0.294. The number of carbonyl (C=O) groups excluding carboxylic acids is 2. The molecule has 1 aliphatic rings. The number of nitro benzene ring substituents is 1. The first-order chi connectivity index (χ1) is 13.4. The van der Waals surface area contributed by atoms with Gasteiger partial charge in [0.1, 0.15) is 11.4 Å². The Bertz CT molecular complexity index is 1050. The third-order valence-corrected chi connectivity index (χ3v) is 4.14. The molecule has 140 valence electrons. The molecule has 7 nitrogen and oxygen atoms in total. The van der Waals surface area contributed by atoms with Crippen molar-refractivity contribution in [3.63, 3.8) is 0 Å². The highest BCUT2D eigenvalue weighted by Gasteiger charge is 2.34. The second-order valence-electron chi connectivity index (χ2n) is 5.63. The molecule has 1 fully saturated rings. The van der Waals surface area contributed by atoms with E-state index in [4.69, 9.17) is 12.2 Å². The molecule has 9 heteroatoms. The minimum Gasteiger partial charge on any atom is -0.298 e. The number of carbonyl (C=O) groups is 2. The van der Waals surface area contributed by atoms with Crippen LogP contribution < -0.4 is 10.2 Å². The van der Waals surface area contributed by atoms with Crippen LogP contribution in [0.4, 0.5) is 15.8 Å². The minimum absolute atomic E-state index is 0.106. The highest BCUT2D eigenvalue weighted by Crippen LogP contribution is 2.22. The molecule has 1 saturated heterocycles. The summed E-state index contributed by atoms with van der Waals surface area (Å²) < 4.78 is 13.1. The number of amides is 2. The van der Waals surface area contributed by atoms with Crippen LogP contribution in [0.1, 0.15) is 5.56 Å². The molecule has 0 aliphatic carbocycles. The summed E-state index contributed by atoms with van der Waals surface area (Å²) in [6.45, 7) is 0. The number of anilines is 1. The standard InChI is InChI=1S/C19H12FN3O4S/c20-13-8-10-14(11-9-13)22-18(25)15(17(24)21-19(22)28)6-3-5-12-4-1-2-7-16(12)23(26)27/h1-11H,(H,21,24,28). The summed E-state index contributed by atoms with van der Waals surface area (Å²) in [6, 6.07) is 11.1. The predicted molar refractivity (Wildman–Crippen MR) is 105 cm³/mol. The van der Waals surface area contributed by atoms with Crippen molar-refractivity contribution in [3.8, 4) is 0 Å². The van der Waals surface area contributed by atoms with Crippen LogP contribution in [0, 0.1) is 15.9 Å². The Balaban J connectivity index is 1.91. The number of allylic oxidation sites excluding steroid dienone is 2. The second-order valence-corrected chi connectivity index (χ2v) is 6.02. The average molecular weight is 397 g/mol. The lowest BCUT2D eigenvalue weighted by atomic mass is 10.1. The van der Waals surface area contributed by atoms with Crippen LogP contribution in [-0.2, 0) is 9.59 Å². The number of halogens is 1. The molecule has 0 radical (unpaired) electrons. The van der Waals surface area contributed by atoms with E-state index in [1.165, 1.54) is 60.7 Å². The summed E-state index contributed by atoms with van der Waals surface area (Å²) >= 11 is 5.04. The molecule has 0 saturated carbocycles.